The number of para-hydroxylation sites is 1. The molecule has 4 aromatic rings. The van der Waals surface area contributed by atoms with Crippen LogP contribution >= 0.6 is 23.4 Å². The number of hydrogen-bond donors (Lipinski definition) is 1. The van der Waals surface area contributed by atoms with Crippen LogP contribution < -0.4 is 5.32 Å². The summed E-state index contributed by atoms with van der Waals surface area (Å²) < 4.78 is 5.75. The molecular formula is C22H16ClN3O2S. The molecule has 4 rings (SSSR count). The van der Waals surface area contributed by atoms with Crippen molar-refractivity contribution in [2.24, 2.45) is 0 Å². The third-order valence-corrected chi connectivity index (χ3v) is 5.39. The van der Waals surface area contributed by atoms with E-state index in [9.17, 15) is 4.79 Å². The van der Waals surface area contributed by atoms with Gasteiger partial charge in [-0.2, -0.15) is 0 Å². The van der Waals surface area contributed by atoms with Gasteiger partial charge in [-0.25, -0.2) is 0 Å². The lowest BCUT2D eigenvalue weighted by molar-refractivity contribution is 0.102. The summed E-state index contributed by atoms with van der Waals surface area (Å²) in [6.45, 7) is 0. The van der Waals surface area contributed by atoms with Crippen LogP contribution in [0.1, 0.15) is 16.2 Å². The highest BCUT2D eigenvalue weighted by atomic mass is 35.5. The lowest BCUT2D eigenvalue weighted by atomic mass is 10.2. The Morgan fingerprint density at radius 1 is 0.931 bits per heavy atom. The third-order valence-electron chi connectivity index (χ3n) is 4.08. The van der Waals surface area contributed by atoms with E-state index >= 15 is 0 Å². The number of anilines is 1. The Morgan fingerprint density at radius 2 is 1.66 bits per heavy atom. The molecule has 5 nitrogen and oxygen atoms in total. The van der Waals surface area contributed by atoms with Crippen molar-refractivity contribution < 1.29 is 9.21 Å². The first-order valence-corrected chi connectivity index (χ1v) is 10.2. The number of carbonyl (C=O) groups is 1. The lowest BCUT2D eigenvalue weighted by Crippen LogP contribution is -2.12. The highest BCUT2D eigenvalue weighted by molar-refractivity contribution is 7.98. The van der Waals surface area contributed by atoms with E-state index < -0.39 is 0 Å². The van der Waals surface area contributed by atoms with Crippen LogP contribution in [-0.4, -0.2) is 16.1 Å². The minimum Gasteiger partial charge on any atom is -0.420 e. The standard InChI is InChI=1S/C22H16ClN3O2S/c23-17-12-10-15(11-13-17)21(27)24-18-8-4-5-9-19(18)29-14-20-25-26-22(28-20)16-6-2-1-3-7-16/h1-13H,14H2,(H,24,27). The van der Waals surface area contributed by atoms with E-state index in [2.05, 4.69) is 15.5 Å². The maximum absolute atomic E-state index is 12.5. The topological polar surface area (TPSA) is 68.0 Å². The molecule has 144 valence electrons. The predicted octanol–water partition coefficient (Wildman–Crippen LogP) is 5.93. The van der Waals surface area contributed by atoms with Crippen LogP contribution in [0.3, 0.4) is 0 Å². The molecule has 0 aliphatic rings. The zero-order valence-electron chi connectivity index (χ0n) is 15.2. The fourth-order valence-corrected chi connectivity index (χ4v) is 3.61. The summed E-state index contributed by atoms with van der Waals surface area (Å²) in [7, 11) is 0. The van der Waals surface area contributed by atoms with Crippen LogP contribution in [0.25, 0.3) is 11.5 Å². The summed E-state index contributed by atoms with van der Waals surface area (Å²) in [5, 5.41) is 11.8. The largest absolute Gasteiger partial charge is 0.420 e. The monoisotopic (exact) mass is 421 g/mol. The van der Waals surface area contributed by atoms with Gasteiger partial charge < -0.3 is 9.73 Å². The van der Waals surface area contributed by atoms with Crippen molar-refractivity contribution in [3.05, 3.63) is 95.3 Å². The van der Waals surface area contributed by atoms with Crippen LogP contribution in [-0.2, 0) is 5.75 Å². The molecule has 0 saturated heterocycles. The van der Waals surface area contributed by atoms with Crippen LogP contribution in [0.2, 0.25) is 5.02 Å². The quantitative estimate of drug-likeness (QED) is 0.390. The van der Waals surface area contributed by atoms with Gasteiger partial charge in [-0.3, -0.25) is 4.79 Å². The smallest absolute Gasteiger partial charge is 0.255 e. The van der Waals surface area contributed by atoms with Crippen molar-refractivity contribution in [2.45, 2.75) is 10.6 Å². The normalized spacial score (nSPS) is 10.7. The van der Waals surface area contributed by atoms with Crippen molar-refractivity contribution in [1.29, 1.82) is 0 Å². The van der Waals surface area contributed by atoms with Gasteiger partial charge in [0.15, 0.2) is 0 Å². The van der Waals surface area contributed by atoms with Gasteiger partial charge in [-0.15, -0.1) is 22.0 Å². The molecule has 0 unspecified atom stereocenters. The number of halogens is 1. The fraction of sp³-hybridized carbons (Fsp3) is 0.0455. The second-order valence-corrected chi connectivity index (χ2v) is 7.57. The highest BCUT2D eigenvalue weighted by Crippen LogP contribution is 2.30. The SMILES string of the molecule is O=C(Nc1ccccc1SCc1nnc(-c2ccccc2)o1)c1ccc(Cl)cc1. The fourth-order valence-electron chi connectivity index (χ4n) is 2.64. The summed E-state index contributed by atoms with van der Waals surface area (Å²) in [4.78, 5) is 13.4. The molecule has 3 aromatic carbocycles. The van der Waals surface area contributed by atoms with Crippen LogP contribution in [0.4, 0.5) is 5.69 Å². The average molecular weight is 422 g/mol. The number of rotatable bonds is 6. The first-order chi connectivity index (χ1) is 14.2. The third kappa shape index (κ3) is 4.85. The zero-order chi connectivity index (χ0) is 20.1. The molecule has 0 saturated carbocycles. The summed E-state index contributed by atoms with van der Waals surface area (Å²) >= 11 is 7.40. The van der Waals surface area contributed by atoms with E-state index in [-0.39, 0.29) is 5.91 Å². The summed E-state index contributed by atoms with van der Waals surface area (Å²) in [6, 6.07) is 24.0. The molecule has 1 amide bonds. The molecule has 0 fully saturated rings. The molecule has 0 aliphatic heterocycles. The Hall–Kier alpha value is -3.09. The minimum absolute atomic E-state index is 0.195. The van der Waals surface area contributed by atoms with Crippen molar-refractivity contribution in [3.63, 3.8) is 0 Å². The number of thioether (sulfide) groups is 1. The van der Waals surface area contributed by atoms with Crippen molar-refractivity contribution in [3.8, 4) is 11.5 Å². The molecule has 0 atom stereocenters. The number of aromatic nitrogens is 2. The second-order valence-electron chi connectivity index (χ2n) is 6.11. The maximum Gasteiger partial charge on any atom is 0.255 e. The number of nitrogens with zero attached hydrogens (tertiary/aromatic N) is 2. The van der Waals surface area contributed by atoms with E-state index in [4.69, 9.17) is 16.0 Å². The molecule has 1 aromatic heterocycles. The van der Waals surface area contributed by atoms with Gasteiger partial charge in [0, 0.05) is 21.0 Å². The molecule has 1 heterocycles. The summed E-state index contributed by atoms with van der Waals surface area (Å²) in [5.74, 6) is 1.31. The number of benzene rings is 3. The van der Waals surface area contributed by atoms with Crippen LogP contribution in [0, 0.1) is 0 Å². The summed E-state index contributed by atoms with van der Waals surface area (Å²) in [5.41, 5.74) is 2.14. The average Bonchev–Trinajstić information content (AvgIpc) is 3.23. The van der Waals surface area contributed by atoms with Gasteiger partial charge in [-0.1, -0.05) is 41.9 Å². The lowest BCUT2D eigenvalue weighted by Gasteiger charge is -2.10. The van der Waals surface area contributed by atoms with E-state index in [1.54, 1.807) is 24.3 Å². The van der Waals surface area contributed by atoms with Gasteiger partial charge in [0.05, 0.1) is 11.4 Å². The highest BCUT2D eigenvalue weighted by Gasteiger charge is 2.12. The van der Waals surface area contributed by atoms with Gasteiger partial charge in [-0.05, 0) is 48.5 Å². The molecule has 0 bridgehead atoms. The van der Waals surface area contributed by atoms with Gasteiger partial charge in [0.1, 0.15) is 0 Å². The van der Waals surface area contributed by atoms with Gasteiger partial charge in [0.2, 0.25) is 11.8 Å². The first-order valence-electron chi connectivity index (χ1n) is 8.85. The molecule has 0 aliphatic carbocycles. The number of nitrogens with one attached hydrogen (secondary N) is 1. The van der Waals surface area contributed by atoms with E-state index in [1.165, 1.54) is 11.8 Å². The Kier molecular flexibility index (Phi) is 5.93. The minimum atomic E-state index is -0.195. The number of carbonyl (C=O) groups excluding carboxylic acids is 1. The number of hydrogen-bond acceptors (Lipinski definition) is 5. The van der Waals surface area contributed by atoms with Gasteiger partial charge in [0.25, 0.3) is 5.91 Å². The van der Waals surface area contributed by atoms with Crippen LogP contribution in [0.15, 0.2) is 88.2 Å². The van der Waals surface area contributed by atoms with Crippen molar-refractivity contribution >= 4 is 35.0 Å². The van der Waals surface area contributed by atoms with Gasteiger partial charge >= 0.3 is 0 Å². The maximum atomic E-state index is 12.5. The van der Waals surface area contributed by atoms with E-state index in [1.807, 2.05) is 54.6 Å². The molecule has 1 N–H and O–H groups in total. The Balaban J connectivity index is 1.44. The second kappa shape index (κ2) is 8.94. The summed E-state index contributed by atoms with van der Waals surface area (Å²) in [6.07, 6.45) is 0. The van der Waals surface area contributed by atoms with Crippen molar-refractivity contribution in [1.82, 2.24) is 10.2 Å². The molecule has 0 spiro atoms. The molecule has 7 heteroatoms. The zero-order valence-corrected chi connectivity index (χ0v) is 16.8. The Bertz CT molecular complexity index is 1110. The van der Waals surface area contributed by atoms with Crippen LogP contribution in [0.5, 0.6) is 0 Å². The Labute approximate surface area is 177 Å². The number of amides is 1. The molecule has 29 heavy (non-hydrogen) atoms. The van der Waals surface area contributed by atoms with Crippen molar-refractivity contribution in [2.75, 3.05) is 5.32 Å². The first kappa shape index (κ1) is 19.2. The molecule has 0 radical (unpaired) electrons. The Morgan fingerprint density at radius 3 is 2.45 bits per heavy atom. The molecular weight excluding hydrogens is 406 g/mol. The van der Waals surface area contributed by atoms with E-state index in [0.29, 0.717) is 28.1 Å². The van der Waals surface area contributed by atoms with E-state index in [0.717, 1.165) is 16.1 Å². The predicted molar refractivity (Wildman–Crippen MR) is 115 cm³/mol.